The van der Waals surface area contributed by atoms with Crippen molar-refractivity contribution in [1.82, 2.24) is 0 Å². The molecule has 0 spiro atoms. The second kappa shape index (κ2) is 6.87. The van der Waals surface area contributed by atoms with Crippen LogP contribution < -0.4 is 4.90 Å². The van der Waals surface area contributed by atoms with E-state index in [-0.39, 0.29) is 28.6 Å². The summed E-state index contributed by atoms with van der Waals surface area (Å²) in [4.78, 5) is 6.65. The number of benzene rings is 2. The highest BCUT2D eigenvalue weighted by atomic mass is 35.5. The fourth-order valence-electron chi connectivity index (χ4n) is 3.18. The van der Waals surface area contributed by atoms with Crippen molar-refractivity contribution >= 4 is 44.1 Å². The molecule has 4 rings (SSSR count). The first-order valence-corrected chi connectivity index (χ1v) is 11.2. The van der Waals surface area contributed by atoms with Crippen LogP contribution in [-0.4, -0.2) is 36.4 Å². The summed E-state index contributed by atoms with van der Waals surface area (Å²) in [5, 5.41) is 1.37. The van der Waals surface area contributed by atoms with Crippen molar-refractivity contribution < 1.29 is 12.8 Å². The Morgan fingerprint density at radius 2 is 1.96 bits per heavy atom. The number of hydrogen-bond acceptors (Lipinski definition) is 5. The maximum atomic E-state index is 13.3. The van der Waals surface area contributed by atoms with Crippen molar-refractivity contribution in [3.05, 3.63) is 64.9 Å². The summed E-state index contributed by atoms with van der Waals surface area (Å²) < 4.78 is 37.0. The molecule has 2 aromatic rings. The molecule has 0 unspecified atom stereocenters. The number of sulfone groups is 1. The zero-order valence-electron chi connectivity index (χ0n) is 13.7. The molecule has 0 aromatic heterocycles. The minimum atomic E-state index is -3.00. The van der Waals surface area contributed by atoms with Gasteiger partial charge in [0.1, 0.15) is 5.82 Å². The van der Waals surface area contributed by atoms with E-state index in [1.165, 1.54) is 23.9 Å². The molecular weight excluding hydrogens is 395 g/mol. The molecule has 8 heteroatoms. The van der Waals surface area contributed by atoms with Gasteiger partial charge in [0.05, 0.1) is 24.1 Å². The first kappa shape index (κ1) is 17.8. The number of nitrogens with zero attached hydrogens (tertiary/aromatic N) is 2. The van der Waals surface area contributed by atoms with E-state index in [4.69, 9.17) is 11.6 Å². The van der Waals surface area contributed by atoms with Gasteiger partial charge in [0.25, 0.3) is 0 Å². The first-order valence-electron chi connectivity index (χ1n) is 8.12. The maximum absolute atomic E-state index is 13.3. The topological polar surface area (TPSA) is 49.7 Å². The maximum Gasteiger partial charge on any atom is 0.164 e. The normalized spacial score (nSPS) is 23.5. The van der Waals surface area contributed by atoms with Crippen LogP contribution in [0.1, 0.15) is 5.56 Å². The average Bonchev–Trinajstić information content (AvgIpc) is 3.07. The van der Waals surface area contributed by atoms with Gasteiger partial charge in [0, 0.05) is 16.0 Å². The van der Waals surface area contributed by atoms with Crippen molar-refractivity contribution in [1.29, 1.82) is 0 Å². The van der Waals surface area contributed by atoms with Gasteiger partial charge in [-0.05, 0) is 42.0 Å². The quantitative estimate of drug-likeness (QED) is 0.773. The van der Waals surface area contributed by atoms with Crippen LogP contribution in [0.4, 0.5) is 10.1 Å². The highest BCUT2D eigenvalue weighted by Gasteiger charge is 2.44. The third-order valence-corrected chi connectivity index (χ3v) is 7.89. The number of hydrogen-bond donors (Lipinski definition) is 0. The van der Waals surface area contributed by atoms with Gasteiger partial charge in [-0.2, -0.15) is 0 Å². The second-order valence-corrected chi connectivity index (χ2v) is 10.2. The van der Waals surface area contributed by atoms with E-state index < -0.39 is 9.84 Å². The SMILES string of the molecule is O=S1(=O)C[C@@H]2SC(N(Cc3cccc(Cl)c3)c3ccc(F)cc3)=N[C@@H]2C1. The minimum absolute atomic E-state index is 0.0442. The molecule has 0 N–H and O–H groups in total. The monoisotopic (exact) mass is 410 g/mol. The first-order chi connectivity index (χ1) is 12.4. The molecule has 1 saturated heterocycles. The summed E-state index contributed by atoms with van der Waals surface area (Å²) in [5.41, 5.74) is 1.80. The summed E-state index contributed by atoms with van der Waals surface area (Å²) in [6.45, 7) is 0.518. The molecular formula is C18H16ClFN2O2S2. The number of rotatable bonds is 3. The van der Waals surface area contributed by atoms with Crippen LogP contribution in [0.15, 0.2) is 53.5 Å². The van der Waals surface area contributed by atoms with E-state index in [1.807, 2.05) is 29.2 Å². The van der Waals surface area contributed by atoms with Crippen molar-refractivity contribution in [2.75, 3.05) is 16.4 Å². The van der Waals surface area contributed by atoms with E-state index >= 15 is 0 Å². The number of halogens is 2. The van der Waals surface area contributed by atoms with E-state index in [0.29, 0.717) is 11.6 Å². The largest absolute Gasteiger partial charge is 0.317 e. The molecule has 2 aliphatic heterocycles. The molecule has 0 saturated carbocycles. The molecule has 2 heterocycles. The van der Waals surface area contributed by atoms with Gasteiger partial charge < -0.3 is 4.90 Å². The van der Waals surface area contributed by atoms with Gasteiger partial charge in [-0.25, -0.2) is 12.8 Å². The van der Waals surface area contributed by atoms with Crippen LogP contribution in [0, 0.1) is 5.82 Å². The van der Waals surface area contributed by atoms with Crippen LogP contribution in [0.5, 0.6) is 0 Å². The van der Waals surface area contributed by atoms with Gasteiger partial charge in [0.15, 0.2) is 15.0 Å². The van der Waals surface area contributed by atoms with E-state index in [1.54, 1.807) is 12.1 Å². The number of anilines is 1. The number of aliphatic imine (C=N–C) groups is 1. The van der Waals surface area contributed by atoms with Crippen molar-refractivity contribution in [3.63, 3.8) is 0 Å². The lowest BCUT2D eigenvalue weighted by atomic mass is 10.2. The highest BCUT2D eigenvalue weighted by Crippen LogP contribution is 2.37. The standard InChI is InChI=1S/C18H16ClFN2O2S2/c19-13-3-1-2-12(8-13)9-22(15-6-4-14(20)5-7-15)18-21-16-10-26(23,24)11-17(16)25-18/h1-8,16-17H,9-11H2/t16-,17+/m1/s1. The molecule has 136 valence electrons. The summed E-state index contributed by atoms with van der Waals surface area (Å²) in [6, 6.07) is 13.6. The fraction of sp³-hybridized carbons (Fsp3) is 0.278. The van der Waals surface area contributed by atoms with Gasteiger partial charge >= 0.3 is 0 Å². The minimum Gasteiger partial charge on any atom is -0.317 e. The van der Waals surface area contributed by atoms with E-state index in [0.717, 1.165) is 16.4 Å². The Bertz CT molecular complexity index is 963. The number of amidine groups is 1. The smallest absolute Gasteiger partial charge is 0.164 e. The Balaban J connectivity index is 1.66. The molecule has 1 fully saturated rings. The fourth-order valence-corrected chi connectivity index (χ4v) is 7.17. The Hall–Kier alpha value is -1.57. The van der Waals surface area contributed by atoms with Crippen LogP contribution >= 0.6 is 23.4 Å². The summed E-state index contributed by atoms with van der Waals surface area (Å²) in [6.07, 6.45) is 0. The predicted molar refractivity (Wildman–Crippen MR) is 105 cm³/mol. The van der Waals surface area contributed by atoms with Crippen molar-refractivity contribution in [2.45, 2.75) is 17.8 Å². The zero-order chi connectivity index (χ0) is 18.3. The third kappa shape index (κ3) is 3.75. The van der Waals surface area contributed by atoms with Crippen molar-refractivity contribution in [2.24, 2.45) is 4.99 Å². The molecule has 26 heavy (non-hydrogen) atoms. The summed E-state index contributed by atoms with van der Waals surface area (Å²) in [5.74, 6) is -0.0489. The second-order valence-electron chi connectivity index (χ2n) is 6.40. The van der Waals surface area contributed by atoms with Crippen LogP contribution in [0.3, 0.4) is 0 Å². The third-order valence-electron chi connectivity index (χ3n) is 4.40. The van der Waals surface area contributed by atoms with Gasteiger partial charge in [0.2, 0.25) is 0 Å². The highest BCUT2D eigenvalue weighted by molar-refractivity contribution is 8.15. The average molecular weight is 411 g/mol. The lowest BCUT2D eigenvalue weighted by Crippen LogP contribution is -2.28. The lowest BCUT2D eigenvalue weighted by molar-refractivity contribution is 0.601. The Morgan fingerprint density at radius 3 is 2.65 bits per heavy atom. The number of fused-ring (bicyclic) bond motifs is 1. The predicted octanol–water partition coefficient (Wildman–Crippen LogP) is 3.75. The molecule has 2 aliphatic rings. The van der Waals surface area contributed by atoms with Gasteiger partial charge in [-0.1, -0.05) is 35.5 Å². The van der Waals surface area contributed by atoms with Crippen LogP contribution in [0.25, 0.3) is 0 Å². The lowest BCUT2D eigenvalue weighted by Gasteiger charge is -2.25. The van der Waals surface area contributed by atoms with Crippen LogP contribution in [0.2, 0.25) is 5.02 Å². The van der Waals surface area contributed by atoms with Gasteiger partial charge in [-0.3, -0.25) is 4.99 Å². The Morgan fingerprint density at radius 1 is 1.19 bits per heavy atom. The molecule has 0 bridgehead atoms. The molecule has 0 aliphatic carbocycles. The summed E-state index contributed by atoms with van der Waals surface area (Å²) in [7, 11) is -3.00. The molecule has 4 nitrogen and oxygen atoms in total. The molecule has 2 atom stereocenters. The molecule has 2 aromatic carbocycles. The zero-order valence-corrected chi connectivity index (χ0v) is 16.1. The molecule has 0 radical (unpaired) electrons. The number of thioether (sulfide) groups is 1. The van der Waals surface area contributed by atoms with E-state index in [9.17, 15) is 12.8 Å². The van der Waals surface area contributed by atoms with Gasteiger partial charge in [-0.15, -0.1) is 0 Å². The summed E-state index contributed by atoms with van der Waals surface area (Å²) >= 11 is 7.58. The molecule has 0 amide bonds. The Labute approximate surface area is 161 Å². The van der Waals surface area contributed by atoms with E-state index in [2.05, 4.69) is 4.99 Å². The van der Waals surface area contributed by atoms with Crippen LogP contribution in [-0.2, 0) is 16.4 Å². The van der Waals surface area contributed by atoms with Crippen molar-refractivity contribution in [3.8, 4) is 0 Å². The Kier molecular flexibility index (Phi) is 4.71.